The van der Waals surface area contributed by atoms with Crippen molar-refractivity contribution in [2.45, 2.75) is 37.6 Å². The molecule has 0 fully saturated rings. The number of para-hydroxylation sites is 1. The molecule has 0 aromatic heterocycles. The fourth-order valence-corrected chi connectivity index (χ4v) is 4.93. The van der Waals surface area contributed by atoms with E-state index in [1.165, 1.54) is 22.5 Å². The zero-order valence-corrected chi connectivity index (χ0v) is 16.3. The maximum atomic E-state index is 13.2. The first-order chi connectivity index (χ1) is 12.3. The number of carbonyl (C=O) groups is 1. The van der Waals surface area contributed by atoms with E-state index in [9.17, 15) is 13.2 Å². The molecule has 3 rings (SSSR count). The Bertz CT molecular complexity index is 944. The molecule has 1 N–H and O–H groups in total. The zero-order chi connectivity index (χ0) is 18.9. The first-order valence-corrected chi connectivity index (χ1v) is 10.4. The Morgan fingerprint density at radius 3 is 2.73 bits per heavy atom. The molecule has 1 aliphatic rings. The van der Waals surface area contributed by atoms with E-state index in [0.717, 1.165) is 12.0 Å². The Kier molecular flexibility index (Phi) is 5.25. The highest BCUT2D eigenvalue weighted by atomic mass is 35.5. The van der Waals surface area contributed by atoms with Gasteiger partial charge in [-0.25, -0.2) is 8.42 Å². The number of amides is 1. The van der Waals surface area contributed by atoms with E-state index in [2.05, 4.69) is 5.32 Å². The number of hydrogen-bond donors (Lipinski definition) is 1. The minimum Gasteiger partial charge on any atom is -0.350 e. The van der Waals surface area contributed by atoms with Gasteiger partial charge in [0.2, 0.25) is 0 Å². The van der Waals surface area contributed by atoms with Gasteiger partial charge >= 0.3 is 0 Å². The Labute approximate surface area is 159 Å². The molecule has 0 aliphatic carbocycles. The predicted octanol–water partition coefficient (Wildman–Crippen LogP) is 3.62. The van der Waals surface area contributed by atoms with Crippen LogP contribution in [0.2, 0.25) is 5.02 Å². The van der Waals surface area contributed by atoms with Gasteiger partial charge in [-0.05, 0) is 49.6 Å². The third-order valence-corrected chi connectivity index (χ3v) is 6.89. The van der Waals surface area contributed by atoms with Crippen molar-refractivity contribution in [1.29, 1.82) is 0 Å². The minimum absolute atomic E-state index is 0.00342. The van der Waals surface area contributed by atoms with Crippen molar-refractivity contribution in [1.82, 2.24) is 5.32 Å². The maximum absolute atomic E-state index is 13.2. The van der Waals surface area contributed by atoms with E-state index in [1.807, 2.05) is 32.0 Å². The van der Waals surface area contributed by atoms with Crippen molar-refractivity contribution in [2.75, 3.05) is 10.8 Å². The predicted molar refractivity (Wildman–Crippen MR) is 103 cm³/mol. The first kappa shape index (κ1) is 18.7. The van der Waals surface area contributed by atoms with Crippen LogP contribution in [0.1, 0.15) is 36.2 Å². The van der Waals surface area contributed by atoms with Gasteiger partial charge in [0, 0.05) is 18.2 Å². The number of anilines is 1. The number of rotatable bonds is 5. The standard InChI is InChI=1S/C19H21ClN2O3S/c1-3-13(2)21-19(23)15-8-9-16(20)18(12-15)26(24,25)22-11-10-14-6-4-5-7-17(14)22/h4-9,12-13H,3,10-11H2,1-2H3,(H,21,23)/t13-/m0/s1. The van der Waals surface area contributed by atoms with Crippen molar-refractivity contribution in [3.8, 4) is 0 Å². The molecule has 0 saturated heterocycles. The lowest BCUT2D eigenvalue weighted by molar-refractivity contribution is 0.0939. The normalized spacial score (nSPS) is 14.8. The van der Waals surface area contributed by atoms with Gasteiger partial charge in [-0.3, -0.25) is 9.10 Å². The molecular formula is C19H21ClN2O3S. The van der Waals surface area contributed by atoms with Crippen molar-refractivity contribution in [3.05, 3.63) is 58.6 Å². The molecule has 7 heteroatoms. The van der Waals surface area contributed by atoms with Crippen LogP contribution in [0.15, 0.2) is 47.4 Å². The molecule has 2 aromatic rings. The second kappa shape index (κ2) is 7.29. The molecule has 1 atom stereocenters. The molecule has 2 aromatic carbocycles. The summed E-state index contributed by atoms with van der Waals surface area (Å²) in [5, 5.41) is 2.94. The molecule has 0 radical (unpaired) electrons. The lowest BCUT2D eigenvalue weighted by atomic mass is 10.2. The fraction of sp³-hybridized carbons (Fsp3) is 0.316. The van der Waals surface area contributed by atoms with Crippen LogP contribution in [0, 0.1) is 0 Å². The SMILES string of the molecule is CC[C@H](C)NC(=O)c1ccc(Cl)c(S(=O)(=O)N2CCc3ccccc32)c1. The smallest absolute Gasteiger partial charge is 0.265 e. The van der Waals surface area contributed by atoms with Gasteiger partial charge in [0.25, 0.3) is 15.9 Å². The minimum atomic E-state index is -3.85. The van der Waals surface area contributed by atoms with Crippen LogP contribution < -0.4 is 9.62 Å². The summed E-state index contributed by atoms with van der Waals surface area (Å²) < 4.78 is 27.7. The van der Waals surface area contributed by atoms with Crippen LogP contribution in [0.25, 0.3) is 0 Å². The molecule has 1 amide bonds. The summed E-state index contributed by atoms with van der Waals surface area (Å²) in [6.07, 6.45) is 1.44. The van der Waals surface area contributed by atoms with Crippen molar-refractivity contribution in [2.24, 2.45) is 0 Å². The van der Waals surface area contributed by atoms with Gasteiger partial charge < -0.3 is 5.32 Å². The van der Waals surface area contributed by atoms with Gasteiger partial charge in [0.1, 0.15) is 4.90 Å². The largest absolute Gasteiger partial charge is 0.350 e. The number of nitrogens with one attached hydrogen (secondary N) is 1. The highest BCUT2D eigenvalue weighted by Gasteiger charge is 2.32. The highest BCUT2D eigenvalue weighted by Crippen LogP contribution is 2.35. The number of nitrogens with zero attached hydrogens (tertiary/aromatic N) is 1. The Morgan fingerprint density at radius 2 is 2.00 bits per heavy atom. The van der Waals surface area contributed by atoms with Gasteiger partial charge in [-0.15, -0.1) is 0 Å². The van der Waals surface area contributed by atoms with Gasteiger partial charge in [-0.1, -0.05) is 36.7 Å². The molecule has 1 aliphatic heterocycles. The molecule has 0 unspecified atom stereocenters. The summed E-state index contributed by atoms with van der Waals surface area (Å²) in [7, 11) is -3.85. The molecule has 26 heavy (non-hydrogen) atoms. The summed E-state index contributed by atoms with van der Waals surface area (Å²) in [6.45, 7) is 4.22. The third kappa shape index (κ3) is 3.44. The topological polar surface area (TPSA) is 66.5 Å². The number of carbonyl (C=O) groups excluding carboxylic acids is 1. The van der Waals surface area contributed by atoms with Crippen molar-refractivity contribution in [3.63, 3.8) is 0 Å². The van der Waals surface area contributed by atoms with Crippen molar-refractivity contribution < 1.29 is 13.2 Å². The quantitative estimate of drug-likeness (QED) is 0.845. The summed E-state index contributed by atoms with van der Waals surface area (Å²) in [6, 6.07) is 11.8. The first-order valence-electron chi connectivity index (χ1n) is 8.55. The van der Waals surface area contributed by atoms with E-state index in [-0.39, 0.29) is 27.4 Å². The summed E-state index contributed by atoms with van der Waals surface area (Å²) >= 11 is 6.19. The summed E-state index contributed by atoms with van der Waals surface area (Å²) in [4.78, 5) is 12.3. The second-order valence-electron chi connectivity index (χ2n) is 6.38. The van der Waals surface area contributed by atoms with Gasteiger partial charge in [0.15, 0.2) is 0 Å². The monoisotopic (exact) mass is 392 g/mol. The summed E-state index contributed by atoms with van der Waals surface area (Å²) in [5.41, 5.74) is 1.93. The molecule has 0 saturated carbocycles. The Balaban J connectivity index is 1.98. The van der Waals surface area contributed by atoms with Crippen LogP contribution >= 0.6 is 11.6 Å². The van der Waals surface area contributed by atoms with E-state index < -0.39 is 10.0 Å². The molecule has 138 valence electrons. The van der Waals surface area contributed by atoms with E-state index in [4.69, 9.17) is 11.6 Å². The average molecular weight is 393 g/mol. The van der Waals surface area contributed by atoms with Gasteiger partial charge in [-0.2, -0.15) is 0 Å². The fourth-order valence-electron chi connectivity index (χ4n) is 2.93. The van der Waals surface area contributed by atoms with Crippen molar-refractivity contribution >= 4 is 33.2 Å². The lowest BCUT2D eigenvalue weighted by Gasteiger charge is -2.21. The highest BCUT2D eigenvalue weighted by molar-refractivity contribution is 7.93. The third-order valence-electron chi connectivity index (χ3n) is 4.60. The Morgan fingerprint density at radius 1 is 1.27 bits per heavy atom. The molecular weight excluding hydrogens is 372 g/mol. The van der Waals surface area contributed by atoms with E-state index in [0.29, 0.717) is 18.7 Å². The number of hydrogen-bond acceptors (Lipinski definition) is 3. The van der Waals surface area contributed by atoms with Crippen LogP contribution in [0.4, 0.5) is 5.69 Å². The Hall–Kier alpha value is -2.05. The van der Waals surface area contributed by atoms with E-state index in [1.54, 1.807) is 6.07 Å². The summed E-state index contributed by atoms with van der Waals surface area (Å²) in [5.74, 6) is -0.311. The molecule has 0 spiro atoms. The number of halogens is 1. The number of sulfonamides is 1. The van der Waals surface area contributed by atoms with E-state index >= 15 is 0 Å². The number of fused-ring (bicyclic) bond motifs is 1. The van der Waals surface area contributed by atoms with Crippen LogP contribution in [-0.4, -0.2) is 26.9 Å². The molecule has 5 nitrogen and oxygen atoms in total. The van der Waals surface area contributed by atoms with Crippen LogP contribution in [0.5, 0.6) is 0 Å². The maximum Gasteiger partial charge on any atom is 0.265 e. The lowest BCUT2D eigenvalue weighted by Crippen LogP contribution is -2.32. The van der Waals surface area contributed by atoms with Gasteiger partial charge in [0.05, 0.1) is 10.7 Å². The zero-order valence-electron chi connectivity index (χ0n) is 14.7. The second-order valence-corrected chi connectivity index (χ2v) is 8.62. The van der Waals surface area contributed by atoms with Crippen LogP contribution in [0.3, 0.4) is 0 Å². The van der Waals surface area contributed by atoms with Crippen LogP contribution in [-0.2, 0) is 16.4 Å². The average Bonchev–Trinajstić information content (AvgIpc) is 3.06. The molecule has 0 bridgehead atoms. The molecule has 1 heterocycles. The number of benzene rings is 2.